The predicted molar refractivity (Wildman–Crippen MR) is 103 cm³/mol. The van der Waals surface area contributed by atoms with Crippen molar-refractivity contribution >= 4 is 50.0 Å². The summed E-state index contributed by atoms with van der Waals surface area (Å²) in [7, 11) is 0. The van der Waals surface area contributed by atoms with Gasteiger partial charge in [-0.15, -0.1) is 0 Å². The summed E-state index contributed by atoms with van der Waals surface area (Å²) >= 11 is 16.4. The molecule has 0 unspecified atom stereocenters. The Hall–Kier alpha value is -1.00. The van der Waals surface area contributed by atoms with Crippen LogP contribution in [-0.4, -0.2) is 11.5 Å². The van der Waals surface area contributed by atoms with E-state index in [4.69, 9.17) is 28.9 Å². The molecule has 0 saturated carbocycles. The molecule has 23 heavy (non-hydrogen) atoms. The Morgan fingerprint density at radius 1 is 1.04 bits per heavy atom. The summed E-state index contributed by atoms with van der Waals surface area (Å²) < 4.78 is 1.04. The molecule has 1 aromatic heterocycles. The van der Waals surface area contributed by atoms with E-state index in [1.165, 1.54) is 5.56 Å². The van der Waals surface area contributed by atoms with Crippen molar-refractivity contribution in [2.75, 3.05) is 6.54 Å². The Bertz CT molecular complexity index is 842. The third-order valence-corrected chi connectivity index (χ3v) is 5.07. The van der Waals surface area contributed by atoms with Gasteiger partial charge in [-0.25, -0.2) is 0 Å². The maximum Gasteiger partial charge on any atom is 0.0666 e. The summed E-state index contributed by atoms with van der Waals surface area (Å²) in [6.07, 6.45) is 2.93. The Kier molecular flexibility index (Phi) is 5.32. The van der Waals surface area contributed by atoms with Gasteiger partial charge in [-0.2, -0.15) is 0 Å². The van der Waals surface area contributed by atoms with Crippen molar-refractivity contribution in [3.05, 3.63) is 56.5 Å². The number of H-pyrrole nitrogens is 1. The monoisotopic (exact) mass is 410 g/mol. The van der Waals surface area contributed by atoms with Crippen LogP contribution in [0.25, 0.3) is 22.2 Å². The number of fused-ring (bicyclic) bond motifs is 1. The number of nitrogens with two attached hydrogens (primary N) is 1. The number of aromatic nitrogens is 1. The maximum absolute atomic E-state index is 6.47. The first-order valence-electron chi connectivity index (χ1n) is 7.56. The predicted octanol–water partition coefficient (Wildman–Crippen LogP) is 6.19. The Labute approximate surface area is 154 Å². The van der Waals surface area contributed by atoms with Gasteiger partial charge in [0.1, 0.15) is 0 Å². The van der Waals surface area contributed by atoms with Crippen LogP contribution < -0.4 is 5.73 Å². The SMILES string of the molecule is NCCCCc1c(-c2cccc(Br)c2)[nH]c2c(Cl)ccc(Cl)c12. The normalized spacial score (nSPS) is 11.3. The highest BCUT2D eigenvalue weighted by atomic mass is 79.9. The van der Waals surface area contributed by atoms with E-state index in [1.807, 2.05) is 24.3 Å². The summed E-state index contributed by atoms with van der Waals surface area (Å²) in [5.74, 6) is 0. The van der Waals surface area contributed by atoms with Crippen molar-refractivity contribution in [3.8, 4) is 11.3 Å². The standard InChI is InChI=1S/C18H17BrCl2N2/c19-12-5-3-4-11(10-12)17-13(6-1-2-9-22)16-14(20)7-8-15(21)18(16)23-17/h3-5,7-8,10,23H,1-2,6,9,22H2. The first-order chi connectivity index (χ1) is 11.1. The van der Waals surface area contributed by atoms with E-state index in [0.717, 1.165) is 50.9 Å². The molecule has 0 fully saturated rings. The van der Waals surface area contributed by atoms with Gasteiger partial charge in [0, 0.05) is 15.6 Å². The van der Waals surface area contributed by atoms with Crippen molar-refractivity contribution in [3.63, 3.8) is 0 Å². The van der Waals surface area contributed by atoms with Crippen LogP contribution in [0.3, 0.4) is 0 Å². The fraction of sp³-hybridized carbons (Fsp3) is 0.222. The van der Waals surface area contributed by atoms with Gasteiger partial charge in [0.25, 0.3) is 0 Å². The highest BCUT2D eigenvalue weighted by Gasteiger charge is 2.17. The molecule has 0 bridgehead atoms. The average Bonchev–Trinajstić information content (AvgIpc) is 2.92. The van der Waals surface area contributed by atoms with Gasteiger partial charge in [-0.1, -0.05) is 51.3 Å². The number of hydrogen-bond donors (Lipinski definition) is 2. The smallest absolute Gasteiger partial charge is 0.0666 e. The molecule has 0 aliphatic heterocycles. The number of unbranched alkanes of at least 4 members (excludes halogenated alkanes) is 1. The summed E-state index contributed by atoms with van der Waals surface area (Å²) in [4.78, 5) is 3.48. The van der Waals surface area contributed by atoms with Gasteiger partial charge in [0.05, 0.1) is 15.6 Å². The number of hydrogen-bond acceptors (Lipinski definition) is 1. The maximum atomic E-state index is 6.47. The molecular formula is C18H17BrCl2N2. The van der Waals surface area contributed by atoms with Crippen LogP contribution in [0.15, 0.2) is 40.9 Å². The van der Waals surface area contributed by atoms with Crippen LogP contribution in [-0.2, 0) is 6.42 Å². The average molecular weight is 412 g/mol. The highest BCUT2D eigenvalue weighted by molar-refractivity contribution is 9.10. The van der Waals surface area contributed by atoms with Gasteiger partial charge in [0.2, 0.25) is 0 Å². The largest absolute Gasteiger partial charge is 0.353 e. The van der Waals surface area contributed by atoms with Gasteiger partial charge >= 0.3 is 0 Å². The lowest BCUT2D eigenvalue weighted by Crippen LogP contribution is -1.99. The Morgan fingerprint density at radius 3 is 2.57 bits per heavy atom. The molecule has 0 spiro atoms. The van der Waals surface area contributed by atoms with E-state index in [1.54, 1.807) is 0 Å². The van der Waals surface area contributed by atoms with Gasteiger partial charge in [-0.3, -0.25) is 0 Å². The molecule has 3 N–H and O–H groups in total. The molecule has 0 aliphatic carbocycles. The van der Waals surface area contributed by atoms with E-state index < -0.39 is 0 Å². The quantitative estimate of drug-likeness (QED) is 0.483. The molecule has 2 aromatic carbocycles. The van der Waals surface area contributed by atoms with E-state index in [-0.39, 0.29) is 0 Å². The fourth-order valence-corrected chi connectivity index (χ4v) is 3.76. The minimum absolute atomic E-state index is 0.686. The third kappa shape index (κ3) is 3.43. The van der Waals surface area contributed by atoms with Gasteiger partial charge in [0.15, 0.2) is 0 Å². The molecule has 2 nitrogen and oxygen atoms in total. The van der Waals surface area contributed by atoms with Crippen molar-refractivity contribution in [2.24, 2.45) is 5.73 Å². The first kappa shape index (κ1) is 16.8. The summed E-state index contributed by atoms with van der Waals surface area (Å²) in [6, 6.07) is 11.9. The fourth-order valence-electron chi connectivity index (χ4n) is 2.88. The van der Waals surface area contributed by atoms with Crippen LogP contribution in [0.5, 0.6) is 0 Å². The number of nitrogens with one attached hydrogen (secondary N) is 1. The molecule has 0 atom stereocenters. The first-order valence-corrected chi connectivity index (χ1v) is 9.11. The van der Waals surface area contributed by atoms with E-state index in [2.05, 4.69) is 33.0 Å². The lowest BCUT2D eigenvalue weighted by molar-refractivity contribution is 0.748. The second-order valence-corrected chi connectivity index (χ2v) is 7.24. The van der Waals surface area contributed by atoms with Crippen LogP contribution in [0.1, 0.15) is 18.4 Å². The number of aromatic amines is 1. The molecule has 0 amide bonds. The topological polar surface area (TPSA) is 41.8 Å². The van der Waals surface area contributed by atoms with Crippen molar-refractivity contribution in [1.29, 1.82) is 0 Å². The van der Waals surface area contributed by atoms with Crippen molar-refractivity contribution < 1.29 is 0 Å². The third-order valence-electron chi connectivity index (χ3n) is 3.95. The zero-order chi connectivity index (χ0) is 16.4. The number of benzene rings is 2. The molecule has 0 aliphatic rings. The Balaban J connectivity index is 2.21. The minimum atomic E-state index is 0.686. The molecule has 3 aromatic rings. The summed E-state index contributed by atoms with van der Waals surface area (Å²) in [6.45, 7) is 0.697. The second kappa shape index (κ2) is 7.27. The lowest BCUT2D eigenvalue weighted by atomic mass is 10.0. The Morgan fingerprint density at radius 2 is 1.83 bits per heavy atom. The van der Waals surface area contributed by atoms with E-state index in [0.29, 0.717) is 11.6 Å². The molecule has 120 valence electrons. The van der Waals surface area contributed by atoms with Crippen LogP contribution >= 0.6 is 39.1 Å². The van der Waals surface area contributed by atoms with Crippen molar-refractivity contribution in [2.45, 2.75) is 19.3 Å². The molecule has 3 rings (SSSR count). The molecule has 0 radical (unpaired) electrons. The summed E-state index contributed by atoms with van der Waals surface area (Å²) in [5, 5.41) is 2.43. The van der Waals surface area contributed by atoms with Gasteiger partial charge in [-0.05, 0) is 61.2 Å². The second-order valence-electron chi connectivity index (χ2n) is 5.51. The van der Waals surface area contributed by atoms with E-state index in [9.17, 15) is 0 Å². The van der Waals surface area contributed by atoms with E-state index >= 15 is 0 Å². The number of aryl methyl sites for hydroxylation is 1. The highest BCUT2D eigenvalue weighted by Crippen LogP contribution is 2.39. The minimum Gasteiger partial charge on any atom is -0.353 e. The molecule has 0 saturated heterocycles. The molecular weight excluding hydrogens is 395 g/mol. The van der Waals surface area contributed by atoms with Crippen molar-refractivity contribution in [1.82, 2.24) is 4.98 Å². The van der Waals surface area contributed by atoms with Gasteiger partial charge < -0.3 is 10.7 Å². The lowest BCUT2D eigenvalue weighted by Gasteiger charge is -2.06. The zero-order valence-corrected chi connectivity index (χ0v) is 15.6. The van der Waals surface area contributed by atoms with Crippen LogP contribution in [0.4, 0.5) is 0 Å². The number of rotatable bonds is 5. The van der Waals surface area contributed by atoms with Crippen LogP contribution in [0, 0.1) is 0 Å². The molecule has 5 heteroatoms. The van der Waals surface area contributed by atoms with Crippen LogP contribution in [0.2, 0.25) is 10.0 Å². The zero-order valence-electron chi connectivity index (χ0n) is 12.5. The summed E-state index contributed by atoms with van der Waals surface area (Å²) in [5.41, 5.74) is 9.94. The number of halogens is 3. The molecule has 1 heterocycles.